The molecule has 0 fully saturated rings. The van der Waals surface area contributed by atoms with E-state index in [4.69, 9.17) is 20.6 Å². The van der Waals surface area contributed by atoms with Gasteiger partial charge in [0.2, 0.25) is 0 Å². The molecule has 6 heteroatoms. The number of rotatable bonds is 7. The van der Waals surface area contributed by atoms with E-state index < -0.39 is 13.0 Å². The fourth-order valence-corrected chi connectivity index (χ4v) is 3.68. The molecule has 1 heterocycles. The Bertz CT molecular complexity index is 364. The standard InChI is InChI=1S/C11H17ClNO3P/c1-3-15-17(14,16-4-2)9-10(12)11-7-5-6-8-13-11/h5-8,10H,3-4,9H2,1-2H3. The fourth-order valence-electron chi connectivity index (χ4n) is 1.39. The van der Waals surface area contributed by atoms with Crippen LogP contribution in [0.25, 0.3) is 0 Å². The van der Waals surface area contributed by atoms with Gasteiger partial charge in [-0.3, -0.25) is 9.55 Å². The predicted molar refractivity (Wildman–Crippen MR) is 68.6 cm³/mol. The molecule has 17 heavy (non-hydrogen) atoms. The molecular formula is C11H17ClNO3P. The maximum absolute atomic E-state index is 12.2. The first-order chi connectivity index (χ1) is 8.11. The Labute approximate surface area is 107 Å². The van der Waals surface area contributed by atoms with Crippen LogP contribution in [-0.2, 0) is 13.6 Å². The Morgan fingerprint density at radius 2 is 2.00 bits per heavy atom. The minimum absolute atomic E-state index is 0.132. The third-order valence-electron chi connectivity index (χ3n) is 2.04. The summed E-state index contributed by atoms with van der Waals surface area (Å²) in [6, 6.07) is 5.43. The van der Waals surface area contributed by atoms with Crippen LogP contribution in [0, 0.1) is 0 Å². The normalized spacial score (nSPS) is 13.6. The first kappa shape index (κ1) is 14.7. The number of hydrogen-bond acceptors (Lipinski definition) is 4. The average Bonchev–Trinajstić information content (AvgIpc) is 2.30. The summed E-state index contributed by atoms with van der Waals surface area (Å²) < 4.78 is 22.6. The summed E-state index contributed by atoms with van der Waals surface area (Å²) in [6.07, 6.45) is 1.78. The molecule has 1 rings (SSSR count). The van der Waals surface area contributed by atoms with Gasteiger partial charge in [-0.1, -0.05) is 6.07 Å². The van der Waals surface area contributed by atoms with Crippen molar-refractivity contribution in [1.29, 1.82) is 0 Å². The topological polar surface area (TPSA) is 48.4 Å². The van der Waals surface area contributed by atoms with Gasteiger partial charge in [0.1, 0.15) is 0 Å². The van der Waals surface area contributed by atoms with Crippen LogP contribution in [0.2, 0.25) is 0 Å². The molecule has 96 valence electrons. The molecule has 0 saturated heterocycles. The molecule has 0 amide bonds. The van der Waals surface area contributed by atoms with Gasteiger partial charge >= 0.3 is 7.60 Å². The maximum Gasteiger partial charge on any atom is 0.332 e. The van der Waals surface area contributed by atoms with Crippen molar-refractivity contribution in [2.24, 2.45) is 0 Å². The summed E-state index contributed by atoms with van der Waals surface area (Å²) in [5.74, 6) is 0. The van der Waals surface area contributed by atoms with Crippen molar-refractivity contribution in [3.8, 4) is 0 Å². The highest BCUT2D eigenvalue weighted by Gasteiger charge is 2.28. The number of halogens is 1. The molecule has 1 atom stereocenters. The molecule has 1 aromatic heterocycles. The van der Waals surface area contributed by atoms with E-state index >= 15 is 0 Å². The number of aromatic nitrogens is 1. The summed E-state index contributed by atoms with van der Waals surface area (Å²) in [5, 5.41) is -0.472. The van der Waals surface area contributed by atoms with Gasteiger partial charge in [0.25, 0.3) is 0 Å². The minimum atomic E-state index is -3.11. The molecule has 4 nitrogen and oxygen atoms in total. The summed E-state index contributed by atoms with van der Waals surface area (Å²) in [4.78, 5) is 4.12. The number of hydrogen-bond donors (Lipinski definition) is 0. The molecule has 0 saturated carbocycles. The largest absolute Gasteiger partial charge is 0.332 e. The molecule has 0 radical (unpaired) electrons. The van der Waals surface area contributed by atoms with Crippen molar-refractivity contribution in [3.05, 3.63) is 30.1 Å². The summed E-state index contributed by atoms with van der Waals surface area (Å²) >= 11 is 6.17. The lowest BCUT2D eigenvalue weighted by Crippen LogP contribution is -2.06. The number of alkyl halides is 1. The molecule has 0 aliphatic heterocycles. The van der Waals surface area contributed by atoms with E-state index in [2.05, 4.69) is 4.98 Å². The Morgan fingerprint density at radius 1 is 1.35 bits per heavy atom. The fraction of sp³-hybridized carbons (Fsp3) is 0.545. The smallest absolute Gasteiger partial charge is 0.309 e. The van der Waals surface area contributed by atoms with E-state index in [1.54, 1.807) is 32.2 Å². The number of pyridine rings is 1. The molecule has 0 bridgehead atoms. The highest BCUT2D eigenvalue weighted by molar-refractivity contribution is 7.54. The summed E-state index contributed by atoms with van der Waals surface area (Å²) in [6.45, 7) is 4.22. The maximum atomic E-state index is 12.2. The van der Waals surface area contributed by atoms with Crippen molar-refractivity contribution in [2.45, 2.75) is 19.2 Å². The van der Waals surface area contributed by atoms with Crippen molar-refractivity contribution in [1.82, 2.24) is 4.98 Å². The van der Waals surface area contributed by atoms with E-state index in [-0.39, 0.29) is 6.16 Å². The van der Waals surface area contributed by atoms with Crippen molar-refractivity contribution >= 4 is 19.2 Å². The SMILES string of the molecule is CCOP(=O)(CC(Cl)c1ccccn1)OCC. The first-order valence-electron chi connectivity index (χ1n) is 5.54. The van der Waals surface area contributed by atoms with Gasteiger partial charge in [0.05, 0.1) is 30.4 Å². The zero-order chi connectivity index (χ0) is 12.7. The highest BCUT2D eigenvalue weighted by Crippen LogP contribution is 2.51. The van der Waals surface area contributed by atoms with Gasteiger partial charge in [-0.25, -0.2) is 0 Å². The van der Waals surface area contributed by atoms with Crippen LogP contribution >= 0.6 is 19.2 Å². The van der Waals surface area contributed by atoms with Gasteiger partial charge in [-0.2, -0.15) is 0 Å². The zero-order valence-electron chi connectivity index (χ0n) is 10.0. The van der Waals surface area contributed by atoms with Gasteiger partial charge in [-0.15, -0.1) is 11.6 Å². The second kappa shape index (κ2) is 7.12. The van der Waals surface area contributed by atoms with Gasteiger partial charge in [0.15, 0.2) is 0 Å². The second-order valence-corrected chi connectivity index (χ2v) is 5.98. The van der Waals surface area contributed by atoms with Gasteiger partial charge in [0, 0.05) is 6.20 Å². The monoisotopic (exact) mass is 277 g/mol. The molecule has 0 aliphatic carbocycles. The van der Waals surface area contributed by atoms with E-state index in [0.717, 1.165) is 0 Å². The predicted octanol–water partition coefficient (Wildman–Crippen LogP) is 3.63. The summed E-state index contributed by atoms with van der Waals surface area (Å²) in [5.41, 5.74) is 0.675. The lowest BCUT2D eigenvalue weighted by molar-refractivity contribution is 0.220. The zero-order valence-corrected chi connectivity index (χ0v) is 11.7. The van der Waals surface area contributed by atoms with E-state index in [0.29, 0.717) is 18.9 Å². The van der Waals surface area contributed by atoms with E-state index in [1.165, 1.54) is 0 Å². The second-order valence-electron chi connectivity index (χ2n) is 3.35. The third-order valence-corrected chi connectivity index (χ3v) is 4.75. The minimum Gasteiger partial charge on any atom is -0.309 e. The van der Waals surface area contributed by atoms with Gasteiger partial charge in [-0.05, 0) is 26.0 Å². The Kier molecular flexibility index (Phi) is 6.14. The average molecular weight is 278 g/mol. The van der Waals surface area contributed by atoms with Gasteiger partial charge < -0.3 is 9.05 Å². The van der Waals surface area contributed by atoms with Crippen LogP contribution in [0.15, 0.2) is 24.4 Å². The molecular weight excluding hydrogens is 261 g/mol. The third kappa shape index (κ3) is 4.76. The lowest BCUT2D eigenvalue weighted by Gasteiger charge is -2.19. The van der Waals surface area contributed by atoms with Crippen molar-refractivity contribution in [2.75, 3.05) is 19.4 Å². The van der Waals surface area contributed by atoms with Crippen LogP contribution in [0.1, 0.15) is 24.9 Å². The Morgan fingerprint density at radius 3 is 2.47 bits per heavy atom. The highest BCUT2D eigenvalue weighted by atomic mass is 35.5. The van der Waals surface area contributed by atoms with Crippen LogP contribution < -0.4 is 0 Å². The first-order valence-corrected chi connectivity index (χ1v) is 7.71. The molecule has 0 aromatic carbocycles. The van der Waals surface area contributed by atoms with Crippen LogP contribution in [0.4, 0.5) is 0 Å². The van der Waals surface area contributed by atoms with E-state index in [9.17, 15) is 4.57 Å². The Hall–Kier alpha value is -0.410. The van der Waals surface area contributed by atoms with Crippen molar-refractivity contribution < 1.29 is 13.6 Å². The Balaban J connectivity index is 2.71. The number of nitrogens with zero attached hydrogens (tertiary/aromatic N) is 1. The molecule has 0 spiro atoms. The molecule has 1 aromatic rings. The molecule has 1 unspecified atom stereocenters. The van der Waals surface area contributed by atoms with Crippen LogP contribution in [-0.4, -0.2) is 24.4 Å². The lowest BCUT2D eigenvalue weighted by atomic mass is 10.3. The molecule has 0 N–H and O–H groups in total. The van der Waals surface area contributed by atoms with Crippen LogP contribution in [0.3, 0.4) is 0 Å². The quantitative estimate of drug-likeness (QED) is 0.564. The van der Waals surface area contributed by atoms with Crippen LogP contribution in [0.5, 0.6) is 0 Å². The molecule has 0 aliphatic rings. The summed E-state index contributed by atoms with van der Waals surface area (Å²) in [7, 11) is -3.11. The van der Waals surface area contributed by atoms with Crippen molar-refractivity contribution in [3.63, 3.8) is 0 Å². The van der Waals surface area contributed by atoms with E-state index in [1.807, 2.05) is 6.07 Å².